The van der Waals surface area contributed by atoms with Crippen molar-refractivity contribution in [3.63, 3.8) is 0 Å². The van der Waals surface area contributed by atoms with Crippen LogP contribution < -0.4 is 5.32 Å². The fourth-order valence-electron chi connectivity index (χ4n) is 11.8. The van der Waals surface area contributed by atoms with E-state index in [1.54, 1.807) is 0 Å². The summed E-state index contributed by atoms with van der Waals surface area (Å²) < 4.78 is 5.48. The van der Waals surface area contributed by atoms with Crippen LogP contribution in [0.4, 0.5) is 0 Å². The van der Waals surface area contributed by atoms with E-state index in [4.69, 9.17) is 4.74 Å². The molecule has 0 aliphatic heterocycles. The van der Waals surface area contributed by atoms with Crippen LogP contribution in [-0.4, -0.2) is 47.4 Å². The monoisotopic (exact) mass is 1180 g/mol. The van der Waals surface area contributed by atoms with Gasteiger partial charge in [-0.3, -0.25) is 9.59 Å². The molecule has 6 nitrogen and oxygen atoms in total. The number of amides is 1. The number of ether oxygens (including phenoxy) is 1. The van der Waals surface area contributed by atoms with Crippen molar-refractivity contribution in [2.45, 2.75) is 424 Å². The standard InChI is InChI=1S/C78H147NO5/c1-3-5-7-9-11-13-15-17-46-50-54-58-62-66-70-76(81)75(74-80)79-77(82)71-67-63-59-55-51-47-44-42-40-38-36-34-32-30-28-26-24-22-20-19-21-23-25-27-29-31-33-35-37-39-41-43-45-49-53-57-61-65-69-73-84-78(83)72-68-64-60-56-52-48-18-16-14-12-10-8-6-4-2/h10,12,16,18-20,23,25,75-76,80-81H,3-9,11,13-15,17,21-22,24,26-74H2,1-2H3,(H,79,82)/b12-10-,18-16-,20-19-,25-23-. The number of allylic oxidation sites excluding steroid dienone is 8. The third kappa shape index (κ3) is 68.9. The molecule has 494 valence electrons. The molecular weight excluding hydrogens is 1030 g/mol. The van der Waals surface area contributed by atoms with Gasteiger partial charge in [-0.25, -0.2) is 0 Å². The van der Waals surface area contributed by atoms with Gasteiger partial charge in [0.1, 0.15) is 0 Å². The molecule has 0 aliphatic carbocycles. The summed E-state index contributed by atoms with van der Waals surface area (Å²) in [7, 11) is 0. The SMILES string of the molecule is CCCC/C=C\C/C=C\CCCCCCCC(=O)OCCCCCCCCCCCCCCCCC/C=C\C/C=C\CCCCCCCCCCCCCCCCCCCC(=O)NC(CO)C(O)CCCCCCCCCCCCCCCC. The topological polar surface area (TPSA) is 95.9 Å². The lowest BCUT2D eigenvalue weighted by atomic mass is 10.0. The van der Waals surface area contributed by atoms with Crippen molar-refractivity contribution in [3.05, 3.63) is 48.6 Å². The van der Waals surface area contributed by atoms with Crippen molar-refractivity contribution in [3.8, 4) is 0 Å². The van der Waals surface area contributed by atoms with E-state index < -0.39 is 12.1 Å². The van der Waals surface area contributed by atoms with Crippen LogP contribution in [-0.2, 0) is 14.3 Å². The zero-order chi connectivity index (χ0) is 60.6. The van der Waals surface area contributed by atoms with Gasteiger partial charge in [-0.05, 0) is 83.5 Å². The minimum absolute atomic E-state index is 0.00576. The van der Waals surface area contributed by atoms with Gasteiger partial charge in [0.05, 0.1) is 25.4 Å². The Hall–Kier alpha value is -2.18. The summed E-state index contributed by atoms with van der Waals surface area (Å²) in [6.07, 6.45) is 96.3. The number of rotatable bonds is 71. The first-order chi connectivity index (χ1) is 41.5. The molecule has 0 aromatic carbocycles. The molecule has 0 spiro atoms. The molecule has 0 radical (unpaired) electrons. The van der Waals surface area contributed by atoms with Crippen molar-refractivity contribution in [2.75, 3.05) is 13.2 Å². The van der Waals surface area contributed by atoms with E-state index in [-0.39, 0.29) is 18.5 Å². The quantitative estimate of drug-likeness (QED) is 0.0320. The second kappa shape index (κ2) is 73.3. The molecule has 0 saturated carbocycles. The van der Waals surface area contributed by atoms with Gasteiger partial charge < -0.3 is 20.3 Å². The summed E-state index contributed by atoms with van der Waals surface area (Å²) in [4.78, 5) is 24.6. The number of unbranched alkanes of at least 4 members (excludes halogenated alkanes) is 52. The fraction of sp³-hybridized carbons (Fsp3) is 0.872. The van der Waals surface area contributed by atoms with E-state index in [1.165, 1.54) is 321 Å². The lowest BCUT2D eigenvalue weighted by Crippen LogP contribution is -2.45. The van der Waals surface area contributed by atoms with E-state index in [2.05, 4.69) is 67.8 Å². The first-order valence-electron chi connectivity index (χ1n) is 37.9. The van der Waals surface area contributed by atoms with Crippen LogP contribution in [0.2, 0.25) is 0 Å². The molecule has 0 heterocycles. The van der Waals surface area contributed by atoms with Crippen molar-refractivity contribution < 1.29 is 24.5 Å². The highest BCUT2D eigenvalue weighted by Crippen LogP contribution is 2.19. The van der Waals surface area contributed by atoms with Gasteiger partial charge in [0.25, 0.3) is 0 Å². The summed E-state index contributed by atoms with van der Waals surface area (Å²) >= 11 is 0. The second-order valence-electron chi connectivity index (χ2n) is 26.0. The number of aliphatic hydroxyl groups is 2. The van der Waals surface area contributed by atoms with Gasteiger partial charge in [0, 0.05) is 12.8 Å². The maximum absolute atomic E-state index is 12.5. The Balaban J connectivity index is 3.35. The van der Waals surface area contributed by atoms with Gasteiger partial charge in [0.2, 0.25) is 5.91 Å². The lowest BCUT2D eigenvalue weighted by Gasteiger charge is -2.22. The zero-order valence-electron chi connectivity index (χ0n) is 56.6. The Morgan fingerprint density at radius 2 is 0.607 bits per heavy atom. The normalized spacial score (nSPS) is 12.8. The van der Waals surface area contributed by atoms with Gasteiger partial charge in [-0.1, -0.05) is 364 Å². The largest absolute Gasteiger partial charge is 0.466 e. The average molecular weight is 1180 g/mol. The molecule has 0 aliphatic rings. The number of nitrogens with one attached hydrogen (secondary N) is 1. The molecule has 0 fully saturated rings. The molecule has 0 saturated heterocycles. The van der Waals surface area contributed by atoms with Crippen LogP contribution in [0.15, 0.2) is 48.6 Å². The molecule has 2 unspecified atom stereocenters. The molecule has 2 atom stereocenters. The first kappa shape index (κ1) is 81.8. The first-order valence-corrected chi connectivity index (χ1v) is 37.9. The summed E-state index contributed by atoms with van der Waals surface area (Å²) in [6, 6.07) is -0.539. The second-order valence-corrected chi connectivity index (χ2v) is 26.0. The number of hydrogen-bond donors (Lipinski definition) is 3. The zero-order valence-corrected chi connectivity index (χ0v) is 56.6. The smallest absolute Gasteiger partial charge is 0.305 e. The maximum Gasteiger partial charge on any atom is 0.305 e. The Bertz CT molecular complexity index is 1400. The van der Waals surface area contributed by atoms with Crippen LogP contribution in [0.3, 0.4) is 0 Å². The molecule has 3 N–H and O–H groups in total. The number of aliphatic hydroxyl groups excluding tert-OH is 2. The Morgan fingerprint density at radius 1 is 0.333 bits per heavy atom. The van der Waals surface area contributed by atoms with E-state index in [0.717, 1.165) is 57.8 Å². The van der Waals surface area contributed by atoms with Gasteiger partial charge in [0.15, 0.2) is 0 Å². The molecule has 6 heteroatoms. The molecule has 84 heavy (non-hydrogen) atoms. The van der Waals surface area contributed by atoms with Gasteiger partial charge in [-0.15, -0.1) is 0 Å². The van der Waals surface area contributed by atoms with Gasteiger partial charge >= 0.3 is 5.97 Å². The van der Waals surface area contributed by atoms with Crippen molar-refractivity contribution in [1.29, 1.82) is 0 Å². The number of esters is 1. The lowest BCUT2D eigenvalue weighted by molar-refractivity contribution is -0.143. The van der Waals surface area contributed by atoms with Gasteiger partial charge in [-0.2, -0.15) is 0 Å². The maximum atomic E-state index is 12.5. The number of carbonyl (C=O) groups is 2. The van der Waals surface area contributed by atoms with Crippen molar-refractivity contribution >= 4 is 11.9 Å². The summed E-state index contributed by atoms with van der Waals surface area (Å²) in [5.41, 5.74) is 0. The average Bonchev–Trinajstić information content (AvgIpc) is 3.52. The highest BCUT2D eigenvalue weighted by Gasteiger charge is 2.20. The minimum atomic E-state index is -0.662. The molecule has 0 rings (SSSR count). The Kier molecular flexibility index (Phi) is 71.4. The van der Waals surface area contributed by atoms with Crippen LogP contribution in [0.5, 0.6) is 0 Å². The molecule has 0 aromatic rings. The summed E-state index contributed by atoms with van der Waals surface area (Å²) in [6.45, 7) is 4.93. The van der Waals surface area contributed by atoms with Crippen LogP contribution in [0, 0.1) is 0 Å². The number of hydrogen-bond acceptors (Lipinski definition) is 5. The summed E-state index contributed by atoms with van der Waals surface area (Å²) in [5, 5.41) is 23.3. The molecular formula is C78H147NO5. The van der Waals surface area contributed by atoms with Crippen molar-refractivity contribution in [1.82, 2.24) is 5.32 Å². The van der Waals surface area contributed by atoms with Crippen LogP contribution in [0.25, 0.3) is 0 Å². The minimum Gasteiger partial charge on any atom is -0.466 e. The molecule has 0 bridgehead atoms. The highest BCUT2D eigenvalue weighted by atomic mass is 16.5. The third-order valence-electron chi connectivity index (χ3n) is 17.6. The van der Waals surface area contributed by atoms with E-state index >= 15 is 0 Å². The Labute approximate surface area is 525 Å². The molecule has 0 aromatic heterocycles. The summed E-state index contributed by atoms with van der Waals surface area (Å²) in [5.74, 6) is -0.0238. The predicted octanol–water partition coefficient (Wildman–Crippen LogP) is 24.8. The van der Waals surface area contributed by atoms with E-state index in [1.807, 2.05) is 0 Å². The van der Waals surface area contributed by atoms with Crippen molar-refractivity contribution in [2.24, 2.45) is 0 Å². The van der Waals surface area contributed by atoms with E-state index in [9.17, 15) is 19.8 Å². The number of carbonyl (C=O) groups excluding carboxylic acids is 2. The fourth-order valence-corrected chi connectivity index (χ4v) is 11.8. The Morgan fingerprint density at radius 3 is 0.940 bits per heavy atom. The van der Waals surface area contributed by atoms with Crippen LogP contribution in [0.1, 0.15) is 412 Å². The van der Waals surface area contributed by atoms with E-state index in [0.29, 0.717) is 25.9 Å². The third-order valence-corrected chi connectivity index (χ3v) is 17.6. The predicted molar refractivity (Wildman–Crippen MR) is 370 cm³/mol. The molecule has 1 amide bonds. The van der Waals surface area contributed by atoms with Crippen LogP contribution >= 0.6 is 0 Å². The highest BCUT2D eigenvalue weighted by molar-refractivity contribution is 5.76.